The Kier molecular flexibility index (Phi) is 5.86. The number of nitrogens with one attached hydrogen (secondary N) is 2. The highest BCUT2D eigenvalue weighted by Crippen LogP contribution is 2.39. The van der Waals surface area contributed by atoms with E-state index in [0.29, 0.717) is 5.69 Å². The van der Waals surface area contributed by atoms with Gasteiger partial charge < -0.3 is 20.1 Å². The van der Waals surface area contributed by atoms with E-state index in [9.17, 15) is 18.8 Å². The zero-order valence-electron chi connectivity index (χ0n) is 20.5. The summed E-state index contributed by atoms with van der Waals surface area (Å²) < 4.78 is 14.8. The largest absolute Gasteiger partial charge is 0.350 e. The number of aromatic nitrogens is 2. The molecular weight excluding hydrogens is 461 g/mol. The number of imidazole rings is 1. The van der Waals surface area contributed by atoms with E-state index in [-0.39, 0.29) is 48.2 Å². The van der Waals surface area contributed by atoms with E-state index in [1.807, 2.05) is 32.0 Å². The van der Waals surface area contributed by atoms with Gasteiger partial charge in [0.2, 0.25) is 5.91 Å². The van der Waals surface area contributed by atoms with Gasteiger partial charge in [-0.25, -0.2) is 9.37 Å². The predicted octanol–water partition coefficient (Wildman–Crippen LogP) is 3.58. The first-order valence-electron chi connectivity index (χ1n) is 12.0. The maximum atomic E-state index is 13.8. The van der Waals surface area contributed by atoms with Crippen molar-refractivity contribution in [2.45, 2.75) is 58.3 Å². The van der Waals surface area contributed by atoms with Gasteiger partial charge in [-0.15, -0.1) is 0 Å². The summed E-state index contributed by atoms with van der Waals surface area (Å²) in [5, 5.41) is 5.78. The van der Waals surface area contributed by atoms with Crippen molar-refractivity contribution in [3.63, 3.8) is 0 Å². The Morgan fingerprint density at radius 1 is 1.14 bits per heavy atom. The summed E-state index contributed by atoms with van der Waals surface area (Å²) in [6.45, 7) is 6.00. The van der Waals surface area contributed by atoms with Crippen LogP contribution in [-0.2, 0) is 17.9 Å². The Morgan fingerprint density at radius 3 is 2.56 bits per heavy atom. The molecule has 1 aromatic heterocycles. The molecule has 36 heavy (non-hydrogen) atoms. The first-order valence-corrected chi connectivity index (χ1v) is 12.0. The number of rotatable bonds is 6. The molecule has 1 aliphatic heterocycles. The van der Waals surface area contributed by atoms with Gasteiger partial charge in [-0.3, -0.25) is 14.4 Å². The first-order chi connectivity index (χ1) is 17.2. The molecule has 2 N–H and O–H groups in total. The predicted molar refractivity (Wildman–Crippen MR) is 132 cm³/mol. The zero-order chi connectivity index (χ0) is 25.6. The molecule has 0 unspecified atom stereocenters. The molecular formula is C27H28FN5O3. The summed E-state index contributed by atoms with van der Waals surface area (Å²) >= 11 is 0. The van der Waals surface area contributed by atoms with Gasteiger partial charge >= 0.3 is 0 Å². The van der Waals surface area contributed by atoms with E-state index in [1.165, 1.54) is 18.5 Å². The number of anilines is 1. The smallest absolute Gasteiger partial charge is 0.276 e. The van der Waals surface area contributed by atoms with Crippen LogP contribution in [-0.4, -0.2) is 43.8 Å². The van der Waals surface area contributed by atoms with Gasteiger partial charge in [0, 0.05) is 18.3 Å². The van der Waals surface area contributed by atoms with Crippen molar-refractivity contribution in [3.05, 3.63) is 82.7 Å². The Labute approximate surface area is 208 Å². The summed E-state index contributed by atoms with van der Waals surface area (Å²) in [4.78, 5) is 46.2. The Bertz CT molecular complexity index is 1360. The number of aryl methyl sites for hydroxylation is 1. The molecule has 9 heteroatoms. The average Bonchev–Trinajstić information content (AvgIpc) is 3.59. The van der Waals surface area contributed by atoms with E-state index in [0.717, 1.165) is 29.5 Å². The molecule has 3 amide bonds. The Hall–Kier alpha value is -4.01. The van der Waals surface area contributed by atoms with Crippen molar-refractivity contribution in [1.29, 1.82) is 0 Å². The van der Waals surface area contributed by atoms with Crippen LogP contribution in [0, 0.1) is 19.7 Å². The fourth-order valence-electron chi connectivity index (χ4n) is 4.76. The second-order valence-corrected chi connectivity index (χ2v) is 9.76. The standard InChI is InChI=1S/C27H28FN5O3/c1-16-5-4-6-21(17(16)2)31-24(34)22-23-25(35)33(20-11-12-20)27(3,14-32(23)15-30-22)26(36)29-13-18-7-9-19(28)10-8-18/h4-10,15,20H,11-14H2,1-3H3,(H,29,36)(H,31,34)/t27-/m0/s1. The van der Waals surface area contributed by atoms with E-state index < -0.39 is 11.4 Å². The maximum absolute atomic E-state index is 13.8. The van der Waals surface area contributed by atoms with Gasteiger partial charge in [0.25, 0.3) is 11.8 Å². The summed E-state index contributed by atoms with van der Waals surface area (Å²) in [6.07, 6.45) is 3.04. The third-order valence-corrected chi connectivity index (χ3v) is 7.10. The molecule has 8 nitrogen and oxygen atoms in total. The van der Waals surface area contributed by atoms with Crippen LogP contribution in [0.25, 0.3) is 0 Å². The minimum Gasteiger partial charge on any atom is -0.350 e. The number of fused-ring (bicyclic) bond motifs is 1. The number of hydrogen-bond donors (Lipinski definition) is 2. The molecule has 5 rings (SSSR count). The molecule has 2 aromatic carbocycles. The molecule has 0 spiro atoms. The first kappa shape index (κ1) is 23.7. The third kappa shape index (κ3) is 4.14. The lowest BCUT2D eigenvalue weighted by Crippen LogP contribution is -2.64. The lowest BCUT2D eigenvalue weighted by Gasteiger charge is -2.44. The third-order valence-electron chi connectivity index (χ3n) is 7.10. The van der Waals surface area contributed by atoms with Crippen molar-refractivity contribution in [1.82, 2.24) is 19.8 Å². The van der Waals surface area contributed by atoms with Crippen molar-refractivity contribution in [3.8, 4) is 0 Å². The van der Waals surface area contributed by atoms with Crippen molar-refractivity contribution >= 4 is 23.4 Å². The lowest BCUT2D eigenvalue weighted by molar-refractivity contribution is -0.133. The van der Waals surface area contributed by atoms with Crippen molar-refractivity contribution in [2.75, 3.05) is 5.32 Å². The Balaban J connectivity index is 1.41. The fourth-order valence-corrected chi connectivity index (χ4v) is 4.76. The SMILES string of the molecule is Cc1cccc(NC(=O)c2ncn3c2C(=O)N(C2CC2)[C@](C)(C(=O)NCc2ccc(F)cc2)C3)c1C. The monoisotopic (exact) mass is 489 g/mol. The van der Waals surface area contributed by atoms with Gasteiger partial charge in [0.05, 0.1) is 12.9 Å². The lowest BCUT2D eigenvalue weighted by atomic mass is 9.93. The van der Waals surface area contributed by atoms with Crippen LogP contribution in [0.4, 0.5) is 10.1 Å². The number of benzene rings is 2. The van der Waals surface area contributed by atoms with E-state index in [4.69, 9.17) is 0 Å². The van der Waals surface area contributed by atoms with Gasteiger partial charge in [0.15, 0.2) is 5.69 Å². The van der Waals surface area contributed by atoms with Crippen LogP contribution in [0.5, 0.6) is 0 Å². The highest BCUT2D eigenvalue weighted by molar-refractivity contribution is 6.12. The second kappa shape index (κ2) is 8.89. The van der Waals surface area contributed by atoms with Gasteiger partial charge in [0.1, 0.15) is 17.1 Å². The minimum atomic E-state index is -1.16. The molecule has 186 valence electrons. The average molecular weight is 490 g/mol. The number of carbonyl (C=O) groups excluding carboxylic acids is 3. The molecule has 1 atom stereocenters. The van der Waals surface area contributed by atoms with E-state index in [1.54, 1.807) is 28.5 Å². The summed E-state index contributed by atoms with van der Waals surface area (Å²) in [5.74, 6) is -1.51. The number of halogens is 1. The molecule has 3 aromatic rings. The fraction of sp³-hybridized carbons (Fsp3) is 0.333. The molecule has 1 saturated carbocycles. The summed E-state index contributed by atoms with van der Waals surface area (Å²) in [6, 6.07) is 11.5. The number of carbonyl (C=O) groups is 3. The summed E-state index contributed by atoms with van der Waals surface area (Å²) in [7, 11) is 0. The van der Waals surface area contributed by atoms with Gasteiger partial charge in [-0.05, 0) is 68.5 Å². The molecule has 1 aliphatic carbocycles. The van der Waals surface area contributed by atoms with Crippen molar-refractivity contribution in [2.24, 2.45) is 0 Å². The summed E-state index contributed by atoms with van der Waals surface area (Å²) in [5.41, 5.74) is 2.46. The molecule has 2 heterocycles. The van der Waals surface area contributed by atoms with E-state index in [2.05, 4.69) is 15.6 Å². The quantitative estimate of drug-likeness (QED) is 0.553. The van der Waals surface area contributed by atoms with Crippen LogP contribution in [0.2, 0.25) is 0 Å². The molecule has 0 radical (unpaired) electrons. The van der Waals surface area contributed by atoms with Crippen LogP contribution < -0.4 is 10.6 Å². The van der Waals surface area contributed by atoms with Crippen LogP contribution in [0.15, 0.2) is 48.8 Å². The van der Waals surface area contributed by atoms with Gasteiger partial charge in [-0.2, -0.15) is 0 Å². The normalized spacial score (nSPS) is 19.1. The highest BCUT2D eigenvalue weighted by Gasteiger charge is 2.53. The maximum Gasteiger partial charge on any atom is 0.276 e. The zero-order valence-corrected chi connectivity index (χ0v) is 20.5. The Morgan fingerprint density at radius 2 is 1.86 bits per heavy atom. The van der Waals surface area contributed by atoms with Crippen molar-refractivity contribution < 1.29 is 18.8 Å². The number of nitrogens with zero attached hydrogens (tertiary/aromatic N) is 3. The number of hydrogen-bond acceptors (Lipinski definition) is 4. The number of amides is 3. The molecule has 1 fully saturated rings. The van der Waals surface area contributed by atoms with Gasteiger partial charge in [-0.1, -0.05) is 24.3 Å². The molecule has 0 saturated heterocycles. The molecule has 2 aliphatic rings. The minimum absolute atomic E-state index is 0.0420. The van der Waals surface area contributed by atoms with Crippen LogP contribution in [0.1, 0.15) is 57.4 Å². The highest BCUT2D eigenvalue weighted by atomic mass is 19.1. The second-order valence-electron chi connectivity index (χ2n) is 9.76. The van der Waals surface area contributed by atoms with E-state index >= 15 is 0 Å². The topological polar surface area (TPSA) is 96.3 Å². The molecule has 0 bridgehead atoms. The van der Waals surface area contributed by atoms with Crippen LogP contribution >= 0.6 is 0 Å². The van der Waals surface area contributed by atoms with Crippen LogP contribution in [0.3, 0.4) is 0 Å².